The molecule has 0 aromatic heterocycles. The Morgan fingerprint density at radius 2 is 2.00 bits per heavy atom. The van der Waals surface area contributed by atoms with Crippen LogP contribution in [0.4, 0.5) is 9.18 Å². The zero-order valence-electron chi connectivity index (χ0n) is 13.8. The van der Waals surface area contributed by atoms with Crippen molar-refractivity contribution in [2.24, 2.45) is 11.3 Å². The zero-order valence-corrected chi connectivity index (χ0v) is 13.8. The minimum Gasteiger partial charge on any atom is -0.465 e. The molecule has 130 valence electrons. The Morgan fingerprint density at radius 1 is 1.33 bits per heavy atom. The molecule has 1 saturated heterocycles. The van der Waals surface area contributed by atoms with Crippen molar-refractivity contribution in [3.05, 3.63) is 35.6 Å². The summed E-state index contributed by atoms with van der Waals surface area (Å²) >= 11 is 0. The second-order valence-electron chi connectivity index (χ2n) is 7.16. The number of halogens is 1. The van der Waals surface area contributed by atoms with Crippen LogP contribution in [0.2, 0.25) is 0 Å². The fourth-order valence-electron chi connectivity index (χ4n) is 3.48. The summed E-state index contributed by atoms with van der Waals surface area (Å²) in [5.41, 5.74) is 0.597. The van der Waals surface area contributed by atoms with Gasteiger partial charge in [-0.15, -0.1) is 0 Å². The molecule has 0 spiro atoms. The monoisotopic (exact) mass is 334 g/mol. The van der Waals surface area contributed by atoms with Gasteiger partial charge in [0.15, 0.2) is 0 Å². The average Bonchev–Trinajstić information content (AvgIpc) is 3.32. The van der Waals surface area contributed by atoms with Crippen molar-refractivity contribution < 1.29 is 19.1 Å². The Bertz CT molecular complexity index is 628. The third-order valence-electron chi connectivity index (χ3n) is 5.28. The highest BCUT2D eigenvalue weighted by Crippen LogP contribution is 2.48. The van der Waals surface area contributed by atoms with E-state index in [4.69, 9.17) is 5.11 Å². The maximum Gasteiger partial charge on any atom is 0.407 e. The number of piperidine rings is 1. The molecule has 6 heteroatoms. The van der Waals surface area contributed by atoms with Gasteiger partial charge < -0.3 is 15.3 Å². The van der Waals surface area contributed by atoms with Gasteiger partial charge in [-0.25, -0.2) is 9.18 Å². The van der Waals surface area contributed by atoms with Crippen LogP contribution < -0.4 is 5.32 Å². The standard InChI is InChI=1S/C18H23FN2O3/c1-12-11-21(17(23)24)9-6-15(12)20-16(22)18(7-8-18)10-13-2-4-14(19)5-3-13/h2-5,12,15H,6-11H2,1H3,(H,20,22)(H,23,24)/t12-,15-/m0/s1. The molecule has 0 unspecified atom stereocenters. The van der Waals surface area contributed by atoms with Gasteiger partial charge in [-0.2, -0.15) is 0 Å². The lowest BCUT2D eigenvalue weighted by molar-refractivity contribution is -0.127. The van der Waals surface area contributed by atoms with Crippen LogP contribution in [-0.2, 0) is 11.2 Å². The molecule has 1 aromatic rings. The Hall–Kier alpha value is -2.11. The van der Waals surface area contributed by atoms with Crippen molar-refractivity contribution in [2.75, 3.05) is 13.1 Å². The molecular weight excluding hydrogens is 311 g/mol. The number of carbonyl (C=O) groups is 2. The molecule has 1 aliphatic carbocycles. The van der Waals surface area contributed by atoms with Crippen LogP contribution in [0.3, 0.4) is 0 Å². The van der Waals surface area contributed by atoms with Crippen molar-refractivity contribution in [1.29, 1.82) is 0 Å². The Kier molecular flexibility index (Phi) is 4.47. The van der Waals surface area contributed by atoms with Gasteiger partial charge in [0.2, 0.25) is 5.91 Å². The molecule has 24 heavy (non-hydrogen) atoms. The molecule has 1 saturated carbocycles. The first-order valence-electron chi connectivity index (χ1n) is 8.43. The van der Waals surface area contributed by atoms with Crippen molar-refractivity contribution >= 4 is 12.0 Å². The number of nitrogens with one attached hydrogen (secondary N) is 1. The first kappa shape index (κ1) is 16.7. The van der Waals surface area contributed by atoms with Crippen molar-refractivity contribution in [1.82, 2.24) is 10.2 Å². The fourth-order valence-corrected chi connectivity index (χ4v) is 3.48. The van der Waals surface area contributed by atoms with Crippen LogP contribution in [0.15, 0.2) is 24.3 Å². The molecule has 1 aromatic carbocycles. The Balaban J connectivity index is 1.58. The lowest BCUT2D eigenvalue weighted by Gasteiger charge is -2.36. The van der Waals surface area contributed by atoms with Gasteiger partial charge in [0.05, 0.1) is 5.41 Å². The predicted octanol–water partition coefficient (Wildman–Crippen LogP) is 2.65. The van der Waals surface area contributed by atoms with Crippen molar-refractivity contribution in [3.63, 3.8) is 0 Å². The Labute approximate surface area is 140 Å². The van der Waals surface area contributed by atoms with Crippen LogP contribution in [-0.4, -0.2) is 41.1 Å². The van der Waals surface area contributed by atoms with Crippen molar-refractivity contribution in [3.8, 4) is 0 Å². The summed E-state index contributed by atoms with van der Waals surface area (Å²) < 4.78 is 13.0. The highest BCUT2D eigenvalue weighted by atomic mass is 19.1. The Morgan fingerprint density at radius 3 is 2.54 bits per heavy atom. The maximum absolute atomic E-state index is 13.0. The van der Waals surface area contributed by atoms with E-state index in [1.165, 1.54) is 17.0 Å². The predicted molar refractivity (Wildman–Crippen MR) is 87.1 cm³/mol. The highest BCUT2D eigenvalue weighted by molar-refractivity contribution is 5.86. The van der Waals surface area contributed by atoms with Gasteiger partial charge >= 0.3 is 6.09 Å². The molecule has 0 bridgehead atoms. The topological polar surface area (TPSA) is 69.6 Å². The molecule has 2 N–H and O–H groups in total. The normalized spacial score (nSPS) is 25.2. The van der Waals surface area contributed by atoms with E-state index in [1.54, 1.807) is 12.1 Å². The van der Waals surface area contributed by atoms with Gasteiger partial charge in [0.1, 0.15) is 5.82 Å². The van der Waals surface area contributed by atoms with Crippen LogP contribution >= 0.6 is 0 Å². The maximum atomic E-state index is 13.0. The zero-order chi connectivity index (χ0) is 17.3. The second kappa shape index (κ2) is 6.42. The number of nitrogens with zero attached hydrogens (tertiary/aromatic N) is 1. The molecule has 2 atom stereocenters. The summed E-state index contributed by atoms with van der Waals surface area (Å²) in [6.45, 7) is 2.88. The quantitative estimate of drug-likeness (QED) is 0.889. The van der Waals surface area contributed by atoms with E-state index in [0.717, 1.165) is 18.4 Å². The van der Waals surface area contributed by atoms with E-state index in [0.29, 0.717) is 25.9 Å². The van der Waals surface area contributed by atoms with E-state index in [1.807, 2.05) is 6.92 Å². The number of carbonyl (C=O) groups excluding carboxylic acids is 1. The van der Waals surface area contributed by atoms with E-state index in [-0.39, 0.29) is 29.1 Å². The SMILES string of the molecule is C[C@H]1CN(C(=O)O)CC[C@@H]1NC(=O)C1(Cc2ccc(F)cc2)CC1. The highest BCUT2D eigenvalue weighted by Gasteiger charge is 2.50. The number of rotatable bonds is 4. The smallest absolute Gasteiger partial charge is 0.407 e. The first-order chi connectivity index (χ1) is 11.4. The van der Waals surface area contributed by atoms with E-state index < -0.39 is 6.09 Å². The lowest BCUT2D eigenvalue weighted by Crippen LogP contribution is -2.52. The van der Waals surface area contributed by atoms with Crippen LogP contribution in [0.5, 0.6) is 0 Å². The summed E-state index contributed by atoms with van der Waals surface area (Å²) in [5, 5.41) is 12.2. The van der Waals surface area contributed by atoms with E-state index in [2.05, 4.69) is 5.32 Å². The molecule has 2 aliphatic rings. The number of benzene rings is 1. The number of hydrogen-bond acceptors (Lipinski definition) is 2. The summed E-state index contributed by atoms with van der Waals surface area (Å²) in [5.74, 6) is -0.125. The van der Waals surface area contributed by atoms with E-state index >= 15 is 0 Å². The first-order valence-corrected chi connectivity index (χ1v) is 8.43. The van der Waals surface area contributed by atoms with Crippen molar-refractivity contribution in [2.45, 2.75) is 38.6 Å². The minimum absolute atomic E-state index is 0.0128. The third kappa shape index (κ3) is 3.52. The van der Waals surface area contributed by atoms with Gasteiger partial charge in [-0.3, -0.25) is 4.79 Å². The summed E-state index contributed by atoms with van der Waals surface area (Å²) in [6, 6.07) is 6.33. The van der Waals surface area contributed by atoms with Crippen LogP contribution in [0, 0.1) is 17.2 Å². The van der Waals surface area contributed by atoms with Gasteiger partial charge in [0, 0.05) is 19.1 Å². The number of carboxylic acid groups (broad SMARTS) is 1. The molecule has 3 rings (SSSR count). The number of likely N-dealkylation sites (tertiary alicyclic amines) is 1. The third-order valence-corrected chi connectivity index (χ3v) is 5.28. The number of amides is 2. The molecule has 0 radical (unpaired) electrons. The molecular formula is C18H23FN2O3. The van der Waals surface area contributed by atoms with Gasteiger partial charge in [0.25, 0.3) is 0 Å². The number of hydrogen-bond donors (Lipinski definition) is 2. The van der Waals surface area contributed by atoms with Crippen LogP contribution in [0.1, 0.15) is 31.7 Å². The van der Waals surface area contributed by atoms with Crippen LogP contribution in [0.25, 0.3) is 0 Å². The summed E-state index contributed by atoms with van der Waals surface area (Å²) in [6.07, 6.45) is 2.06. The summed E-state index contributed by atoms with van der Waals surface area (Å²) in [7, 11) is 0. The molecule has 1 heterocycles. The molecule has 2 fully saturated rings. The van der Waals surface area contributed by atoms with Gasteiger partial charge in [-0.1, -0.05) is 19.1 Å². The molecule has 5 nitrogen and oxygen atoms in total. The average molecular weight is 334 g/mol. The second-order valence-corrected chi connectivity index (χ2v) is 7.16. The molecule has 2 amide bonds. The lowest BCUT2D eigenvalue weighted by atomic mass is 9.91. The summed E-state index contributed by atoms with van der Waals surface area (Å²) in [4.78, 5) is 25.2. The van der Waals surface area contributed by atoms with Gasteiger partial charge in [-0.05, 0) is 49.3 Å². The fraction of sp³-hybridized carbons (Fsp3) is 0.556. The minimum atomic E-state index is -0.901. The molecule has 1 aliphatic heterocycles. The van der Waals surface area contributed by atoms with E-state index in [9.17, 15) is 14.0 Å². The largest absolute Gasteiger partial charge is 0.465 e.